The zero-order valence-corrected chi connectivity index (χ0v) is 72.3. The first-order valence-corrected chi connectivity index (χ1v) is 45.2. The van der Waals surface area contributed by atoms with Crippen molar-refractivity contribution in [1.29, 1.82) is 0 Å². The number of benzene rings is 21. The van der Waals surface area contributed by atoms with Crippen LogP contribution in [0.3, 0.4) is 0 Å². The summed E-state index contributed by atoms with van der Waals surface area (Å²) in [5.41, 5.74) is 22.7. The average molecular weight is 1710 g/mol. The summed E-state index contributed by atoms with van der Waals surface area (Å²) in [5.74, 6) is 3.29. The fraction of sp³-hybridized carbons (Fsp3) is 0. The number of rotatable bonds is 10. The summed E-state index contributed by atoms with van der Waals surface area (Å²) in [5, 5.41) is 24.1. The Bertz CT molecular complexity index is 9320. The van der Waals surface area contributed by atoms with Gasteiger partial charge in [0.2, 0.25) is 5.95 Å². The third kappa shape index (κ3) is 12.9. The van der Waals surface area contributed by atoms with Crippen molar-refractivity contribution in [2.45, 2.75) is 0 Å². The molecular formula is C123H76N10O. The van der Waals surface area contributed by atoms with Gasteiger partial charge < -0.3 is 13.6 Å². The predicted molar refractivity (Wildman–Crippen MR) is 555 cm³/mol. The lowest BCUT2D eigenvalue weighted by Crippen LogP contribution is -2.03. The molecule has 0 atom stereocenters. The third-order valence-electron chi connectivity index (χ3n) is 26.4. The van der Waals surface area contributed by atoms with Crippen molar-refractivity contribution in [3.05, 3.63) is 461 Å². The molecule has 11 heteroatoms. The first-order chi connectivity index (χ1) is 66.5. The Balaban J connectivity index is 0.000000105. The SMILES string of the molecule is c1ccc(-c2ccc(-c3nc(-n4c5ccc6ccccc6c5c5c6ccccc6ccc54)nc4ccccc34)cc2)cc1.c1ccc(-c2nc(-c3ccc(-n4c5ccc6ccccc6c5c5c6ccccc6ccc54)cc3)nc3ccccc23)cc1.c1ccc(-c2nc(-c3ccccc3)nc(-c3cccc(-n4c5ccccc5c5c6ccccc6c6c7ccccc7oc6c54)c3)n2)cc1. The number of aromatic nitrogens is 10. The minimum absolute atomic E-state index is 0.615. The Morgan fingerprint density at radius 3 is 1.07 bits per heavy atom. The molecule has 0 aliphatic carbocycles. The maximum Gasteiger partial charge on any atom is 0.235 e. The second-order valence-electron chi connectivity index (χ2n) is 34.1. The summed E-state index contributed by atoms with van der Waals surface area (Å²) in [7, 11) is 0. The van der Waals surface area contributed by atoms with Gasteiger partial charge in [-0.25, -0.2) is 34.9 Å². The molecule has 134 heavy (non-hydrogen) atoms. The molecule has 11 nitrogen and oxygen atoms in total. The van der Waals surface area contributed by atoms with Crippen LogP contribution in [0.4, 0.5) is 0 Å². The molecule has 28 rings (SSSR count). The monoisotopic (exact) mass is 1710 g/mol. The Kier molecular flexibility index (Phi) is 18.3. The largest absolute Gasteiger partial charge is 0.454 e. The molecule has 0 saturated heterocycles. The Morgan fingerprint density at radius 1 is 0.179 bits per heavy atom. The number of furan rings is 1. The molecule has 7 heterocycles. The molecule has 0 bridgehead atoms. The molecule has 0 radical (unpaired) electrons. The highest BCUT2D eigenvalue weighted by Gasteiger charge is 2.27. The van der Waals surface area contributed by atoms with Crippen LogP contribution in [0.1, 0.15) is 0 Å². The maximum absolute atomic E-state index is 6.76. The second kappa shape index (κ2) is 31.9. The highest BCUT2D eigenvalue weighted by atomic mass is 16.3. The normalized spacial score (nSPS) is 11.7. The van der Waals surface area contributed by atoms with Crippen molar-refractivity contribution in [3.8, 4) is 96.5 Å². The molecule has 0 N–H and O–H groups in total. The van der Waals surface area contributed by atoms with E-state index in [1.807, 2.05) is 97.1 Å². The van der Waals surface area contributed by atoms with Crippen molar-refractivity contribution in [1.82, 2.24) is 48.6 Å². The summed E-state index contributed by atoms with van der Waals surface area (Å²) in [4.78, 5) is 35.5. The molecule has 0 fully saturated rings. The topological polar surface area (TPSA) is 118 Å². The first kappa shape index (κ1) is 77.0. The van der Waals surface area contributed by atoms with Crippen molar-refractivity contribution >= 4 is 163 Å². The third-order valence-corrected chi connectivity index (χ3v) is 26.4. The number of para-hydroxylation sites is 4. The minimum atomic E-state index is 0.615. The molecule has 0 aliphatic heterocycles. The first-order valence-electron chi connectivity index (χ1n) is 45.2. The van der Waals surface area contributed by atoms with E-state index in [1.165, 1.54) is 108 Å². The Labute approximate surface area is 768 Å². The van der Waals surface area contributed by atoms with Gasteiger partial charge in [-0.3, -0.25) is 4.57 Å². The molecule has 0 saturated carbocycles. The zero-order chi connectivity index (χ0) is 88.3. The second-order valence-corrected chi connectivity index (χ2v) is 34.1. The highest BCUT2D eigenvalue weighted by Crippen LogP contribution is 2.49. The van der Waals surface area contributed by atoms with Crippen LogP contribution in [0, 0.1) is 0 Å². The van der Waals surface area contributed by atoms with E-state index in [4.69, 9.17) is 39.3 Å². The molecule has 0 spiro atoms. The van der Waals surface area contributed by atoms with Crippen molar-refractivity contribution in [3.63, 3.8) is 0 Å². The lowest BCUT2D eigenvalue weighted by molar-refractivity contribution is 0.671. The molecule has 0 unspecified atom stereocenters. The molecule has 624 valence electrons. The summed E-state index contributed by atoms with van der Waals surface area (Å²) in [6, 6.07) is 162. The molecule has 28 aromatic rings. The van der Waals surface area contributed by atoms with E-state index >= 15 is 0 Å². The van der Waals surface area contributed by atoms with Crippen LogP contribution in [0.25, 0.3) is 260 Å². The molecular weight excluding hydrogens is 1630 g/mol. The van der Waals surface area contributed by atoms with Gasteiger partial charge >= 0.3 is 0 Å². The van der Waals surface area contributed by atoms with Gasteiger partial charge in [-0.2, -0.15) is 0 Å². The number of nitrogens with zero attached hydrogens (tertiary/aromatic N) is 10. The van der Waals surface area contributed by atoms with E-state index in [9.17, 15) is 0 Å². The Hall–Kier alpha value is -18.2. The molecule has 0 amide bonds. The number of hydrogen-bond donors (Lipinski definition) is 0. The molecule has 0 aliphatic rings. The van der Waals surface area contributed by atoms with E-state index in [2.05, 4.69) is 378 Å². The smallest absolute Gasteiger partial charge is 0.235 e. The number of hydrogen-bond acceptors (Lipinski definition) is 8. The van der Waals surface area contributed by atoms with Gasteiger partial charge in [0.25, 0.3) is 0 Å². The lowest BCUT2D eigenvalue weighted by Gasteiger charge is -2.12. The summed E-state index contributed by atoms with van der Waals surface area (Å²) >= 11 is 0. The molecule has 7 aromatic heterocycles. The van der Waals surface area contributed by atoms with Crippen molar-refractivity contribution in [2.24, 2.45) is 0 Å². The summed E-state index contributed by atoms with van der Waals surface area (Å²) in [6.45, 7) is 0. The van der Waals surface area contributed by atoms with Crippen LogP contribution in [0.5, 0.6) is 0 Å². The standard InChI is InChI=1S/C43H26N4O.2C40H25N3/c1-3-14-27(15-4-1)41-44-42(28-16-5-2-6-17-28)46-43(45-41)29-18-13-19-30(26-29)47-35-24-11-9-22-33(35)37-31-20-7-8-21-32(31)38-34-23-10-12-25-36(34)48-40(38)39(37)47;1-2-12-28(13-3-1)39-33-16-8-9-17-34(33)41-40(42-39)29-18-22-30(23-19-29)43-35-24-20-26-10-4-6-14-31(26)37(35)38-32-15-7-5-11-27(32)21-25-36(38)43;1-2-10-26(11-3-1)27-18-20-30(21-19-27)39-33-16-8-9-17-34(33)41-40(42-39)43-35-24-22-28-12-4-6-14-31(28)37(35)38-32-15-7-5-13-29(32)23-25-36(38)43/h1-26H;2*1-25H. The Morgan fingerprint density at radius 2 is 0.537 bits per heavy atom. The fourth-order valence-corrected chi connectivity index (χ4v) is 20.3. The average Bonchev–Trinajstić information content (AvgIpc) is 1.54. The quantitative estimate of drug-likeness (QED) is 0.133. The van der Waals surface area contributed by atoms with E-state index in [0.717, 1.165) is 128 Å². The van der Waals surface area contributed by atoms with Gasteiger partial charge in [-0.05, 0) is 150 Å². The van der Waals surface area contributed by atoms with Gasteiger partial charge in [0.1, 0.15) is 5.58 Å². The van der Waals surface area contributed by atoms with E-state index < -0.39 is 0 Å². The van der Waals surface area contributed by atoms with Crippen LogP contribution >= 0.6 is 0 Å². The lowest BCUT2D eigenvalue weighted by atomic mass is 9.99. The van der Waals surface area contributed by atoms with Crippen LogP contribution < -0.4 is 0 Å². The van der Waals surface area contributed by atoms with Gasteiger partial charge in [-0.15, -0.1) is 0 Å². The van der Waals surface area contributed by atoms with E-state index in [-0.39, 0.29) is 0 Å². The fourth-order valence-electron chi connectivity index (χ4n) is 20.3. The van der Waals surface area contributed by atoms with Crippen LogP contribution in [0.2, 0.25) is 0 Å². The highest BCUT2D eigenvalue weighted by molar-refractivity contribution is 6.36. The van der Waals surface area contributed by atoms with Crippen LogP contribution in [-0.4, -0.2) is 48.6 Å². The van der Waals surface area contributed by atoms with Gasteiger partial charge in [0.15, 0.2) is 28.9 Å². The van der Waals surface area contributed by atoms with Gasteiger partial charge in [-0.1, -0.05) is 376 Å². The molecule has 21 aromatic carbocycles. The van der Waals surface area contributed by atoms with E-state index in [0.29, 0.717) is 23.4 Å². The summed E-state index contributed by atoms with van der Waals surface area (Å²) < 4.78 is 13.7. The van der Waals surface area contributed by atoms with Gasteiger partial charge in [0.05, 0.1) is 55.5 Å². The van der Waals surface area contributed by atoms with Crippen LogP contribution in [-0.2, 0) is 0 Å². The van der Waals surface area contributed by atoms with Gasteiger partial charge in [0, 0.05) is 98.6 Å². The van der Waals surface area contributed by atoms with Crippen LogP contribution in [0.15, 0.2) is 465 Å². The number of fused-ring (bicyclic) bond motifs is 26. The van der Waals surface area contributed by atoms with Crippen molar-refractivity contribution in [2.75, 3.05) is 0 Å². The minimum Gasteiger partial charge on any atom is -0.454 e. The summed E-state index contributed by atoms with van der Waals surface area (Å²) in [6.07, 6.45) is 0. The zero-order valence-electron chi connectivity index (χ0n) is 72.3. The predicted octanol–water partition coefficient (Wildman–Crippen LogP) is 31.8. The maximum atomic E-state index is 6.76. The van der Waals surface area contributed by atoms with E-state index in [1.54, 1.807) is 0 Å². The van der Waals surface area contributed by atoms with Crippen molar-refractivity contribution < 1.29 is 4.42 Å².